The summed E-state index contributed by atoms with van der Waals surface area (Å²) < 4.78 is 90.4. The molecule has 1 saturated carbocycles. The number of piperidine rings is 1. The van der Waals surface area contributed by atoms with Crippen LogP contribution in [0.3, 0.4) is 0 Å². The first-order valence-corrected chi connectivity index (χ1v) is 13.8. The summed E-state index contributed by atoms with van der Waals surface area (Å²) in [5, 5.41) is 5.29. The summed E-state index contributed by atoms with van der Waals surface area (Å²) in [7, 11) is 0. The molecule has 1 aliphatic heterocycles. The van der Waals surface area contributed by atoms with E-state index >= 15 is 4.39 Å². The first-order valence-electron chi connectivity index (χ1n) is 13.8. The molecule has 14 heteroatoms. The summed E-state index contributed by atoms with van der Waals surface area (Å²) in [5.74, 6) is -2.14. The molecule has 8 nitrogen and oxygen atoms in total. The minimum absolute atomic E-state index is 0.00385. The largest absolute Gasteiger partial charge is 0.444 e. The normalized spacial score (nSPS) is 20.6. The highest BCUT2D eigenvalue weighted by atomic mass is 19.3. The lowest BCUT2D eigenvalue weighted by molar-refractivity contribution is 0.0125. The van der Waals surface area contributed by atoms with Crippen LogP contribution >= 0.6 is 0 Å². The number of carbonyl (C=O) groups excluding carboxylic acids is 2. The Hall–Kier alpha value is -3.71. The van der Waals surface area contributed by atoms with E-state index in [1.165, 1.54) is 24.0 Å². The minimum Gasteiger partial charge on any atom is -0.444 e. The summed E-state index contributed by atoms with van der Waals surface area (Å²) in [6.07, 6.45) is -7.34. The van der Waals surface area contributed by atoms with Crippen molar-refractivity contribution in [1.82, 2.24) is 14.8 Å². The molecule has 1 aromatic carbocycles. The molecule has 1 aliphatic carbocycles. The molecule has 0 spiro atoms. The molecular weight excluding hydrogens is 582 g/mol. The van der Waals surface area contributed by atoms with Crippen molar-refractivity contribution in [3.63, 3.8) is 0 Å². The smallest absolute Gasteiger partial charge is 0.410 e. The molecule has 2 fully saturated rings. The molecule has 2 aliphatic rings. The number of carbonyl (C=O) groups is 2. The maximum atomic E-state index is 15.3. The molecule has 0 unspecified atom stereocenters. The van der Waals surface area contributed by atoms with Gasteiger partial charge in [0.15, 0.2) is 0 Å². The van der Waals surface area contributed by atoms with Crippen molar-refractivity contribution in [2.75, 3.05) is 18.4 Å². The molecule has 236 valence electrons. The fourth-order valence-electron chi connectivity index (χ4n) is 5.06. The van der Waals surface area contributed by atoms with Crippen LogP contribution < -0.4 is 16.2 Å². The average Bonchev–Trinajstić information content (AvgIpc) is 3.71. The van der Waals surface area contributed by atoms with Crippen molar-refractivity contribution >= 4 is 17.7 Å². The first kappa shape index (κ1) is 32.2. The Bertz CT molecular complexity index is 1420. The van der Waals surface area contributed by atoms with Gasteiger partial charge in [-0.2, -0.15) is 0 Å². The topological polar surface area (TPSA) is 92.7 Å². The Morgan fingerprint density at radius 2 is 1.77 bits per heavy atom. The highest BCUT2D eigenvalue weighted by Crippen LogP contribution is 2.48. The van der Waals surface area contributed by atoms with Gasteiger partial charge < -0.3 is 24.8 Å². The van der Waals surface area contributed by atoms with E-state index < -0.39 is 71.2 Å². The predicted octanol–water partition coefficient (Wildman–Crippen LogP) is 5.93. The number of anilines is 1. The molecule has 0 bridgehead atoms. The summed E-state index contributed by atoms with van der Waals surface area (Å²) in [5.41, 5.74) is -4.98. The van der Waals surface area contributed by atoms with Gasteiger partial charge in [0.2, 0.25) is 0 Å². The second kappa shape index (κ2) is 12.1. The van der Waals surface area contributed by atoms with Gasteiger partial charge in [-0.3, -0.25) is 9.59 Å². The molecular formula is C29H34F6N4O4. The standard InChI is InChI=1S/C29H34F6N4O4/c1-15(16-6-5-7-17(23(16)31)24(32)33)36-25(41)18-13-39(29(9-10-29)26(34)35)22(40)12-21(18)37-20-8-11-38(14-19(20)30)27(42)43-28(2,3)4/h5-7,12-13,15,19-20,24,26,37H,8-11,14H2,1-4H3,(H,36,41)/t15-,19-,20+/m1/s1. The number of alkyl halides is 5. The molecule has 0 radical (unpaired) electrons. The summed E-state index contributed by atoms with van der Waals surface area (Å²) >= 11 is 0. The molecule has 2 aromatic rings. The zero-order chi connectivity index (χ0) is 31.9. The molecule has 2 heterocycles. The van der Waals surface area contributed by atoms with E-state index in [0.717, 1.165) is 22.9 Å². The Morgan fingerprint density at radius 3 is 2.33 bits per heavy atom. The number of halogens is 6. The molecule has 1 aromatic heterocycles. The fraction of sp³-hybridized carbons (Fsp3) is 0.552. The van der Waals surface area contributed by atoms with Gasteiger partial charge in [0.25, 0.3) is 24.3 Å². The number of amides is 2. The van der Waals surface area contributed by atoms with Crippen molar-refractivity contribution in [3.05, 3.63) is 63.3 Å². The van der Waals surface area contributed by atoms with Gasteiger partial charge in [0, 0.05) is 24.4 Å². The number of hydrogen-bond donors (Lipinski definition) is 2. The number of nitrogens with zero attached hydrogens (tertiary/aromatic N) is 2. The van der Waals surface area contributed by atoms with Crippen LogP contribution in [0.25, 0.3) is 0 Å². The Morgan fingerprint density at radius 1 is 1.12 bits per heavy atom. The second-order valence-corrected chi connectivity index (χ2v) is 11.9. The van der Waals surface area contributed by atoms with E-state index in [2.05, 4.69) is 10.6 Å². The Labute approximate surface area is 244 Å². The highest BCUT2D eigenvalue weighted by molar-refractivity contribution is 5.99. The van der Waals surface area contributed by atoms with Crippen molar-refractivity contribution < 1.29 is 40.7 Å². The van der Waals surface area contributed by atoms with Crippen LogP contribution in [0.5, 0.6) is 0 Å². The maximum absolute atomic E-state index is 15.3. The van der Waals surface area contributed by atoms with Crippen LogP contribution in [0.4, 0.5) is 36.8 Å². The van der Waals surface area contributed by atoms with Gasteiger partial charge in [-0.25, -0.2) is 31.1 Å². The lowest BCUT2D eigenvalue weighted by Crippen LogP contribution is -2.51. The number of aromatic nitrogens is 1. The molecule has 3 atom stereocenters. The number of hydrogen-bond acceptors (Lipinski definition) is 5. The van der Waals surface area contributed by atoms with Crippen molar-refractivity contribution in [2.24, 2.45) is 0 Å². The van der Waals surface area contributed by atoms with Crippen molar-refractivity contribution in [3.8, 4) is 0 Å². The van der Waals surface area contributed by atoms with Gasteiger partial charge in [0.05, 0.1) is 35.4 Å². The molecule has 2 amide bonds. The van der Waals surface area contributed by atoms with Crippen LogP contribution in [-0.4, -0.2) is 58.8 Å². The Balaban J connectivity index is 1.62. The van der Waals surface area contributed by atoms with E-state index in [1.807, 2.05) is 0 Å². The van der Waals surface area contributed by atoms with Gasteiger partial charge in [-0.05, 0) is 47.0 Å². The second-order valence-electron chi connectivity index (χ2n) is 11.9. The first-order chi connectivity index (χ1) is 20.0. The SMILES string of the molecule is C[C@@H](NC(=O)c1cn(C2(C(F)F)CC2)c(=O)cc1N[C@H]1CCN(C(=O)OC(C)(C)C)C[C@H]1F)c1cccc(C(F)F)c1F. The van der Waals surface area contributed by atoms with E-state index in [1.54, 1.807) is 20.8 Å². The number of benzene rings is 1. The molecule has 4 rings (SSSR count). The maximum Gasteiger partial charge on any atom is 0.410 e. The Kier molecular flexibility index (Phi) is 9.08. The van der Waals surface area contributed by atoms with Crippen LogP contribution in [0.2, 0.25) is 0 Å². The number of ether oxygens (including phenoxy) is 1. The van der Waals surface area contributed by atoms with Crippen LogP contribution in [0.1, 0.15) is 80.9 Å². The zero-order valence-electron chi connectivity index (χ0n) is 24.1. The van der Waals surface area contributed by atoms with Gasteiger partial charge >= 0.3 is 6.09 Å². The van der Waals surface area contributed by atoms with E-state index in [-0.39, 0.29) is 49.2 Å². The van der Waals surface area contributed by atoms with E-state index in [4.69, 9.17) is 4.74 Å². The van der Waals surface area contributed by atoms with Crippen LogP contribution in [0, 0.1) is 5.82 Å². The lowest BCUT2D eigenvalue weighted by Gasteiger charge is -2.36. The van der Waals surface area contributed by atoms with E-state index in [9.17, 15) is 36.3 Å². The van der Waals surface area contributed by atoms with Gasteiger partial charge in [0.1, 0.15) is 23.1 Å². The van der Waals surface area contributed by atoms with Crippen molar-refractivity contribution in [1.29, 1.82) is 0 Å². The number of rotatable bonds is 8. The lowest BCUT2D eigenvalue weighted by atomic mass is 10.0. The number of pyridine rings is 1. The fourth-order valence-corrected chi connectivity index (χ4v) is 5.06. The monoisotopic (exact) mass is 616 g/mol. The van der Waals surface area contributed by atoms with Crippen molar-refractivity contribution in [2.45, 2.75) is 89.2 Å². The third kappa shape index (κ3) is 6.93. The van der Waals surface area contributed by atoms with Gasteiger partial charge in [-0.1, -0.05) is 18.2 Å². The summed E-state index contributed by atoms with van der Waals surface area (Å²) in [6.45, 7) is 6.12. The quantitative estimate of drug-likeness (QED) is 0.359. The average molecular weight is 617 g/mol. The van der Waals surface area contributed by atoms with Crippen LogP contribution in [-0.2, 0) is 10.3 Å². The summed E-state index contributed by atoms with van der Waals surface area (Å²) in [6, 6.07) is 2.15. The van der Waals surface area contributed by atoms with Gasteiger partial charge in [-0.15, -0.1) is 0 Å². The molecule has 1 saturated heterocycles. The molecule has 43 heavy (non-hydrogen) atoms. The number of nitrogens with one attached hydrogen (secondary N) is 2. The minimum atomic E-state index is -3.10. The van der Waals surface area contributed by atoms with E-state index in [0.29, 0.717) is 0 Å². The summed E-state index contributed by atoms with van der Waals surface area (Å²) in [4.78, 5) is 40.0. The third-order valence-corrected chi connectivity index (χ3v) is 7.59. The van der Waals surface area contributed by atoms with Crippen LogP contribution in [0.15, 0.2) is 35.3 Å². The molecule has 2 N–H and O–H groups in total. The predicted molar refractivity (Wildman–Crippen MR) is 146 cm³/mol. The number of likely N-dealkylation sites (tertiary alicyclic amines) is 1. The highest BCUT2D eigenvalue weighted by Gasteiger charge is 2.53. The zero-order valence-corrected chi connectivity index (χ0v) is 24.1. The third-order valence-electron chi connectivity index (χ3n) is 7.59.